The molecule has 0 amide bonds. The van der Waals surface area contributed by atoms with Gasteiger partial charge in [-0.2, -0.15) is 0 Å². The summed E-state index contributed by atoms with van der Waals surface area (Å²) >= 11 is 0. The lowest BCUT2D eigenvalue weighted by Crippen LogP contribution is -2.36. The molecule has 2 heterocycles. The third kappa shape index (κ3) is 16.5. The maximum atomic E-state index is 13.6. The van der Waals surface area contributed by atoms with Crippen LogP contribution in [0.3, 0.4) is 0 Å². The first-order valence-corrected chi connectivity index (χ1v) is 16.9. The van der Waals surface area contributed by atoms with Gasteiger partial charge in [-0.1, -0.05) is 97.0 Å². The van der Waals surface area contributed by atoms with E-state index in [0.717, 1.165) is 47.0 Å². The fourth-order valence-corrected chi connectivity index (χ4v) is 4.53. The first-order chi connectivity index (χ1) is 21.8. The van der Waals surface area contributed by atoms with Crippen molar-refractivity contribution in [3.63, 3.8) is 0 Å². The Hall–Kier alpha value is -3.35. The van der Waals surface area contributed by atoms with Crippen molar-refractivity contribution in [1.82, 2.24) is 20.2 Å². The highest BCUT2D eigenvalue weighted by molar-refractivity contribution is 5.66. The molecule has 2 aromatic carbocycles. The first kappa shape index (κ1) is 41.7. The highest BCUT2D eigenvalue weighted by Crippen LogP contribution is 2.21. The van der Waals surface area contributed by atoms with Gasteiger partial charge in [-0.15, -0.1) is 6.58 Å². The lowest BCUT2D eigenvalue weighted by Gasteiger charge is -2.31. The number of nitrogens with one attached hydrogen (secondary N) is 2. The first-order valence-electron chi connectivity index (χ1n) is 16.9. The minimum Gasteiger partial charge on any atom is -0.342 e. The molecule has 2 unspecified atom stereocenters. The van der Waals surface area contributed by atoms with Crippen LogP contribution in [-0.2, 0) is 11.2 Å². The minimum atomic E-state index is -0.207. The number of hydrogen-bond acceptors (Lipinski definition) is 4. The number of imidazole rings is 1. The largest absolute Gasteiger partial charge is 0.342 e. The van der Waals surface area contributed by atoms with Crippen molar-refractivity contribution < 1.29 is 9.18 Å². The third-order valence-electron chi connectivity index (χ3n) is 7.33. The SMILES string of the molecule is C=CCC(C=O)NCC(=C)c1ccccc1.CC.CC.CCC(C)N1CCCCC1.CCc1ncc(-c2ccc(C)cc2F)[nH]1. The zero-order valence-corrected chi connectivity index (χ0v) is 29.5. The Morgan fingerprint density at radius 1 is 1.07 bits per heavy atom. The number of aromatic amines is 1. The van der Waals surface area contributed by atoms with E-state index in [4.69, 9.17) is 0 Å². The smallest absolute Gasteiger partial charge is 0.137 e. The number of likely N-dealkylation sites (tertiary alicyclic amines) is 1. The number of halogens is 1. The Bertz CT molecular complexity index is 1180. The van der Waals surface area contributed by atoms with Gasteiger partial charge in [0.2, 0.25) is 0 Å². The van der Waals surface area contributed by atoms with E-state index in [2.05, 4.69) is 47.2 Å². The molecule has 1 aliphatic heterocycles. The Morgan fingerprint density at radius 3 is 2.22 bits per heavy atom. The van der Waals surface area contributed by atoms with Crippen LogP contribution in [-0.4, -0.2) is 52.9 Å². The Balaban J connectivity index is 0.000000624. The van der Waals surface area contributed by atoms with Crippen LogP contribution in [0.5, 0.6) is 0 Å². The minimum absolute atomic E-state index is 0.169. The molecule has 6 heteroatoms. The molecule has 2 N–H and O–H groups in total. The summed E-state index contributed by atoms with van der Waals surface area (Å²) in [6.45, 7) is 27.4. The van der Waals surface area contributed by atoms with Crippen LogP contribution in [0.1, 0.15) is 97.5 Å². The molecule has 0 spiro atoms. The third-order valence-corrected chi connectivity index (χ3v) is 7.33. The number of H-pyrrole nitrogens is 1. The van der Waals surface area contributed by atoms with Gasteiger partial charge in [0.25, 0.3) is 0 Å². The van der Waals surface area contributed by atoms with Gasteiger partial charge in [-0.05, 0) is 81.5 Å². The van der Waals surface area contributed by atoms with Gasteiger partial charge in [0, 0.05) is 24.6 Å². The summed E-state index contributed by atoms with van der Waals surface area (Å²) < 4.78 is 13.6. The summed E-state index contributed by atoms with van der Waals surface area (Å²) in [6, 6.07) is 15.8. The van der Waals surface area contributed by atoms with E-state index in [1.165, 1.54) is 44.8 Å². The van der Waals surface area contributed by atoms with E-state index >= 15 is 0 Å². The molecule has 5 nitrogen and oxygen atoms in total. The molecular weight excluding hydrogens is 559 g/mol. The van der Waals surface area contributed by atoms with Gasteiger partial charge in [-0.25, -0.2) is 9.37 Å². The van der Waals surface area contributed by atoms with Gasteiger partial charge in [0.1, 0.15) is 17.9 Å². The van der Waals surface area contributed by atoms with Crippen molar-refractivity contribution >= 4 is 11.9 Å². The molecule has 45 heavy (non-hydrogen) atoms. The average Bonchev–Trinajstić information content (AvgIpc) is 3.58. The fourth-order valence-electron chi connectivity index (χ4n) is 4.53. The molecule has 0 saturated carbocycles. The summed E-state index contributed by atoms with van der Waals surface area (Å²) in [7, 11) is 0. The number of aromatic nitrogens is 2. The number of carbonyl (C=O) groups excluding carboxylic acids is 1. The van der Waals surface area contributed by atoms with Crippen LogP contribution in [0.15, 0.2) is 74.0 Å². The molecule has 3 aromatic rings. The predicted octanol–water partition coefficient (Wildman–Crippen LogP) is 9.84. The predicted molar refractivity (Wildman–Crippen MR) is 194 cm³/mol. The van der Waals surface area contributed by atoms with E-state index in [-0.39, 0.29) is 11.9 Å². The standard InChI is InChI=1S/C14H17NO.C12H13FN2.C9H19N.2C2H6/c1-3-7-14(11-16)15-10-12(2)13-8-5-4-6-9-13;1-3-12-14-7-11(15-12)9-5-4-8(2)6-10(9)13;1-3-9(2)10-7-5-4-6-8-10;2*1-2/h3-6,8-9,11,14-15H,1-2,7,10H2;4-7H,3H2,1-2H3,(H,14,15);9H,3-8H2,1-2H3;2*1-2H3. The van der Waals surface area contributed by atoms with Gasteiger partial charge in [-0.3, -0.25) is 0 Å². The summed E-state index contributed by atoms with van der Waals surface area (Å²) in [6.07, 6.45) is 11.4. The van der Waals surface area contributed by atoms with Crippen LogP contribution >= 0.6 is 0 Å². The van der Waals surface area contributed by atoms with Gasteiger partial charge < -0.3 is 20.0 Å². The highest BCUT2D eigenvalue weighted by Gasteiger charge is 2.14. The van der Waals surface area contributed by atoms with Crippen molar-refractivity contribution in [2.24, 2.45) is 0 Å². The summed E-state index contributed by atoms with van der Waals surface area (Å²) in [5.74, 6) is 0.672. The number of aryl methyl sites for hydroxylation is 2. The number of rotatable bonds is 11. The van der Waals surface area contributed by atoms with Crippen LogP contribution < -0.4 is 5.32 Å². The summed E-state index contributed by atoms with van der Waals surface area (Å²) in [5, 5.41) is 3.13. The van der Waals surface area contributed by atoms with E-state index < -0.39 is 0 Å². The molecule has 250 valence electrons. The monoisotopic (exact) mass is 620 g/mol. The zero-order valence-electron chi connectivity index (χ0n) is 29.5. The number of benzene rings is 2. The van der Waals surface area contributed by atoms with E-state index in [1.807, 2.05) is 77.9 Å². The highest BCUT2D eigenvalue weighted by atomic mass is 19.1. The van der Waals surface area contributed by atoms with Crippen LogP contribution in [0.4, 0.5) is 4.39 Å². The second kappa shape index (κ2) is 25.9. The Kier molecular flexibility index (Phi) is 24.0. The van der Waals surface area contributed by atoms with E-state index in [0.29, 0.717) is 18.5 Å². The average molecular weight is 621 g/mol. The number of hydrogen-bond donors (Lipinski definition) is 2. The maximum absolute atomic E-state index is 13.6. The van der Waals surface area contributed by atoms with Gasteiger partial charge in [0.15, 0.2) is 0 Å². The molecule has 1 aromatic heterocycles. The quantitative estimate of drug-likeness (QED) is 0.165. The van der Waals surface area contributed by atoms with E-state index in [9.17, 15) is 9.18 Å². The number of nitrogens with zero attached hydrogens (tertiary/aromatic N) is 2. The molecule has 2 atom stereocenters. The van der Waals surface area contributed by atoms with Crippen LogP contribution in [0.25, 0.3) is 16.8 Å². The van der Waals surface area contributed by atoms with Crippen molar-refractivity contribution in [1.29, 1.82) is 0 Å². The van der Waals surface area contributed by atoms with Crippen LogP contribution in [0.2, 0.25) is 0 Å². The topological polar surface area (TPSA) is 61.0 Å². The number of aldehydes is 1. The molecule has 0 bridgehead atoms. The number of carbonyl (C=O) groups is 1. The lowest BCUT2D eigenvalue weighted by molar-refractivity contribution is -0.109. The van der Waals surface area contributed by atoms with Crippen LogP contribution in [0, 0.1) is 12.7 Å². The molecule has 1 aliphatic rings. The Morgan fingerprint density at radius 2 is 1.71 bits per heavy atom. The fraction of sp³-hybridized carbons (Fsp3) is 0.487. The molecule has 0 aliphatic carbocycles. The Labute approximate surface area is 274 Å². The van der Waals surface area contributed by atoms with Gasteiger partial charge in [0.05, 0.1) is 17.9 Å². The number of piperidine rings is 1. The van der Waals surface area contributed by atoms with Crippen molar-refractivity contribution in [3.05, 3.63) is 96.7 Å². The van der Waals surface area contributed by atoms with Gasteiger partial charge >= 0.3 is 0 Å². The van der Waals surface area contributed by atoms with Crippen molar-refractivity contribution in [3.8, 4) is 11.3 Å². The molecule has 1 fully saturated rings. The van der Waals surface area contributed by atoms with Crippen molar-refractivity contribution in [2.75, 3.05) is 19.6 Å². The molecule has 1 saturated heterocycles. The maximum Gasteiger partial charge on any atom is 0.137 e. The summed E-state index contributed by atoms with van der Waals surface area (Å²) in [5.41, 5.74) is 4.32. The molecular formula is C39H61FN4O. The second-order valence-corrected chi connectivity index (χ2v) is 10.6. The zero-order chi connectivity index (χ0) is 34.0. The summed E-state index contributed by atoms with van der Waals surface area (Å²) in [4.78, 5) is 20.6. The molecule has 4 rings (SSSR count). The normalized spacial score (nSPS) is 13.4. The van der Waals surface area contributed by atoms with Crippen molar-refractivity contribution in [2.45, 2.75) is 106 Å². The second-order valence-electron chi connectivity index (χ2n) is 10.6. The molecule has 0 radical (unpaired) electrons. The lowest BCUT2D eigenvalue weighted by atomic mass is 10.1. The van der Waals surface area contributed by atoms with E-state index in [1.54, 1.807) is 18.3 Å².